The van der Waals surface area contributed by atoms with Crippen LogP contribution in [0.1, 0.15) is 24.2 Å². The van der Waals surface area contributed by atoms with E-state index in [1.54, 1.807) is 0 Å². The molecule has 0 unspecified atom stereocenters. The van der Waals surface area contributed by atoms with Gasteiger partial charge >= 0.3 is 0 Å². The van der Waals surface area contributed by atoms with E-state index in [0.717, 1.165) is 6.07 Å². The summed E-state index contributed by atoms with van der Waals surface area (Å²) >= 11 is 6.61. The SMILES string of the molecule is CC(C)(CBr)CN1C(=O)C(=O)c2cc(F)cc(Br)c21. The number of hydrogen-bond acceptors (Lipinski definition) is 2. The van der Waals surface area contributed by atoms with Crippen LogP contribution in [0.2, 0.25) is 0 Å². The molecule has 102 valence electrons. The van der Waals surface area contributed by atoms with Crippen molar-refractivity contribution in [2.75, 3.05) is 16.8 Å². The number of rotatable bonds is 3. The zero-order chi connectivity index (χ0) is 14.4. The highest BCUT2D eigenvalue weighted by atomic mass is 79.9. The highest BCUT2D eigenvalue weighted by molar-refractivity contribution is 9.10. The van der Waals surface area contributed by atoms with Crippen LogP contribution in [0, 0.1) is 11.2 Å². The zero-order valence-corrected chi connectivity index (χ0v) is 13.6. The van der Waals surface area contributed by atoms with Gasteiger partial charge in [-0.2, -0.15) is 0 Å². The van der Waals surface area contributed by atoms with Gasteiger partial charge in [-0.25, -0.2) is 4.39 Å². The predicted octanol–water partition coefficient (Wildman–Crippen LogP) is 3.54. The highest BCUT2D eigenvalue weighted by Crippen LogP contribution is 2.38. The van der Waals surface area contributed by atoms with Crippen molar-refractivity contribution in [1.29, 1.82) is 0 Å². The van der Waals surface area contributed by atoms with E-state index in [2.05, 4.69) is 31.9 Å². The van der Waals surface area contributed by atoms with E-state index >= 15 is 0 Å². The second-order valence-electron chi connectivity index (χ2n) is 5.30. The molecule has 0 aliphatic carbocycles. The molecule has 0 spiro atoms. The van der Waals surface area contributed by atoms with Gasteiger partial charge in [0.2, 0.25) is 0 Å². The molecule has 1 aromatic rings. The molecule has 0 saturated carbocycles. The molecule has 1 aliphatic heterocycles. The number of nitrogens with zero attached hydrogens (tertiary/aromatic N) is 1. The lowest BCUT2D eigenvalue weighted by molar-refractivity contribution is -0.114. The number of carbonyl (C=O) groups is 2. The third-order valence-corrected chi connectivity index (χ3v) is 5.05. The molecule has 0 fully saturated rings. The summed E-state index contributed by atoms with van der Waals surface area (Å²) < 4.78 is 13.8. The summed E-state index contributed by atoms with van der Waals surface area (Å²) in [5, 5.41) is 0.687. The molecular weight excluding hydrogens is 381 g/mol. The Labute approximate surface area is 127 Å². The average Bonchev–Trinajstić information content (AvgIpc) is 2.54. The minimum absolute atomic E-state index is 0.127. The number of hydrogen-bond donors (Lipinski definition) is 0. The maximum atomic E-state index is 13.3. The van der Waals surface area contributed by atoms with Gasteiger partial charge in [0.25, 0.3) is 11.7 Å². The van der Waals surface area contributed by atoms with Crippen LogP contribution in [0.25, 0.3) is 0 Å². The molecule has 1 aromatic carbocycles. The molecule has 3 nitrogen and oxygen atoms in total. The lowest BCUT2D eigenvalue weighted by Crippen LogP contribution is -2.39. The Balaban J connectivity index is 2.50. The number of alkyl halides is 1. The third kappa shape index (κ3) is 2.60. The maximum absolute atomic E-state index is 13.3. The Morgan fingerprint density at radius 2 is 1.95 bits per heavy atom. The van der Waals surface area contributed by atoms with E-state index in [-0.39, 0.29) is 11.0 Å². The second kappa shape index (κ2) is 4.98. The van der Waals surface area contributed by atoms with E-state index < -0.39 is 17.5 Å². The standard InChI is InChI=1S/C13H12Br2FNO2/c1-13(2,5-14)6-17-10-8(11(18)12(17)19)3-7(16)4-9(10)15/h3-4H,5-6H2,1-2H3. The first-order valence-corrected chi connectivity index (χ1v) is 7.59. The molecule has 0 bridgehead atoms. The summed E-state index contributed by atoms with van der Waals surface area (Å²) in [5.74, 6) is -1.79. The van der Waals surface area contributed by atoms with Crippen molar-refractivity contribution in [2.45, 2.75) is 13.8 Å². The average molecular weight is 393 g/mol. The van der Waals surface area contributed by atoms with Crippen LogP contribution < -0.4 is 4.90 Å². The fraction of sp³-hybridized carbons (Fsp3) is 0.385. The smallest absolute Gasteiger partial charge is 0.299 e. The first-order chi connectivity index (χ1) is 8.76. The van der Waals surface area contributed by atoms with Crippen LogP contribution in [0.15, 0.2) is 16.6 Å². The molecule has 19 heavy (non-hydrogen) atoms. The Morgan fingerprint density at radius 3 is 2.53 bits per heavy atom. The number of benzene rings is 1. The van der Waals surface area contributed by atoms with E-state index in [9.17, 15) is 14.0 Å². The Kier molecular flexibility index (Phi) is 3.84. The van der Waals surface area contributed by atoms with Crippen molar-refractivity contribution in [3.8, 4) is 0 Å². The molecule has 1 heterocycles. The molecular formula is C13H12Br2FNO2. The quantitative estimate of drug-likeness (QED) is 0.582. The van der Waals surface area contributed by atoms with Crippen molar-refractivity contribution in [1.82, 2.24) is 0 Å². The van der Waals surface area contributed by atoms with Gasteiger partial charge in [-0.05, 0) is 33.5 Å². The van der Waals surface area contributed by atoms with Gasteiger partial charge in [-0.1, -0.05) is 29.8 Å². The van der Waals surface area contributed by atoms with Crippen LogP contribution in [0.4, 0.5) is 10.1 Å². The molecule has 0 aromatic heterocycles. The number of anilines is 1. The maximum Gasteiger partial charge on any atom is 0.299 e. The van der Waals surface area contributed by atoms with Crippen molar-refractivity contribution in [2.24, 2.45) is 5.41 Å². The topological polar surface area (TPSA) is 37.4 Å². The van der Waals surface area contributed by atoms with Crippen molar-refractivity contribution >= 4 is 49.2 Å². The van der Waals surface area contributed by atoms with Gasteiger partial charge in [0.15, 0.2) is 0 Å². The number of fused-ring (bicyclic) bond motifs is 1. The van der Waals surface area contributed by atoms with E-state index in [4.69, 9.17) is 0 Å². The summed E-state index contributed by atoms with van der Waals surface area (Å²) in [4.78, 5) is 25.4. The molecule has 2 rings (SSSR count). The fourth-order valence-corrected chi connectivity index (χ4v) is 2.80. The number of carbonyl (C=O) groups excluding carboxylic acids is 2. The molecule has 0 saturated heterocycles. The summed E-state index contributed by atoms with van der Waals surface area (Å²) in [7, 11) is 0. The lowest BCUT2D eigenvalue weighted by atomic mass is 9.96. The summed E-state index contributed by atoms with van der Waals surface area (Å²) in [6, 6.07) is 2.38. The lowest BCUT2D eigenvalue weighted by Gasteiger charge is -2.28. The van der Waals surface area contributed by atoms with Gasteiger partial charge < -0.3 is 4.90 Å². The highest BCUT2D eigenvalue weighted by Gasteiger charge is 2.40. The van der Waals surface area contributed by atoms with Gasteiger partial charge in [0.05, 0.1) is 11.3 Å². The predicted molar refractivity (Wildman–Crippen MR) is 78.4 cm³/mol. The zero-order valence-electron chi connectivity index (χ0n) is 10.5. The molecule has 1 amide bonds. The number of amides is 1. The molecule has 1 aliphatic rings. The van der Waals surface area contributed by atoms with E-state index in [1.807, 2.05) is 13.8 Å². The van der Waals surface area contributed by atoms with E-state index in [0.29, 0.717) is 22.0 Å². The van der Waals surface area contributed by atoms with Crippen LogP contribution in [0.3, 0.4) is 0 Å². The third-order valence-electron chi connectivity index (χ3n) is 2.93. The number of halogens is 3. The van der Waals surface area contributed by atoms with Gasteiger partial charge in [-0.15, -0.1) is 0 Å². The van der Waals surface area contributed by atoms with Crippen molar-refractivity contribution in [3.63, 3.8) is 0 Å². The van der Waals surface area contributed by atoms with E-state index in [1.165, 1.54) is 11.0 Å². The number of ketones is 1. The van der Waals surface area contributed by atoms with Gasteiger partial charge in [0.1, 0.15) is 5.82 Å². The monoisotopic (exact) mass is 391 g/mol. The van der Waals surface area contributed by atoms with Crippen molar-refractivity contribution < 1.29 is 14.0 Å². The first kappa shape index (κ1) is 14.7. The normalized spacial score (nSPS) is 15.1. The molecule has 0 atom stereocenters. The second-order valence-corrected chi connectivity index (χ2v) is 6.72. The van der Waals surface area contributed by atoms with Crippen LogP contribution in [-0.4, -0.2) is 23.6 Å². The minimum Gasteiger partial charge on any atom is -0.303 e. The van der Waals surface area contributed by atoms with Crippen LogP contribution >= 0.6 is 31.9 Å². The first-order valence-electron chi connectivity index (χ1n) is 5.68. The summed E-state index contributed by atoms with van der Waals surface area (Å²) in [5.41, 5.74) is 0.401. The van der Waals surface area contributed by atoms with Crippen molar-refractivity contribution in [3.05, 3.63) is 28.0 Å². The Hall–Kier alpha value is -0.750. The summed E-state index contributed by atoms with van der Waals surface area (Å²) in [6.45, 7) is 4.35. The Bertz CT molecular complexity index is 572. The van der Waals surface area contributed by atoms with Crippen LogP contribution in [-0.2, 0) is 4.79 Å². The number of Topliss-reactive ketones (excluding diaryl/α,β-unsaturated/α-hetero) is 1. The van der Waals surface area contributed by atoms with Gasteiger partial charge in [0, 0.05) is 16.3 Å². The largest absolute Gasteiger partial charge is 0.303 e. The van der Waals surface area contributed by atoms with Gasteiger partial charge in [-0.3, -0.25) is 9.59 Å². The Morgan fingerprint density at radius 1 is 1.32 bits per heavy atom. The summed E-state index contributed by atoms with van der Waals surface area (Å²) in [6.07, 6.45) is 0. The van der Waals surface area contributed by atoms with Crippen LogP contribution in [0.5, 0.6) is 0 Å². The molecule has 6 heteroatoms. The molecule has 0 radical (unpaired) electrons. The minimum atomic E-state index is -0.652. The fourth-order valence-electron chi connectivity index (χ4n) is 1.97. The molecule has 0 N–H and O–H groups in total.